The molecular formula is CH2O2S. The smallest absolute Gasteiger partial charge is 0.197 e. The van der Waals surface area contributed by atoms with Gasteiger partial charge in [0, 0.05) is 0 Å². The van der Waals surface area contributed by atoms with Crippen molar-refractivity contribution in [2.45, 2.75) is 0 Å². The van der Waals surface area contributed by atoms with Crippen LogP contribution in [-0.4, -0.2) is 11.0 Å². The molecule has 0 aromatic carbocycles. The van der Waals surface area contributed by atoms with Crippen LogP contribution >= 0.6 is 0 Å². The normalized spacial score (nSPS) is 2.00. The molecule has 0 unspecified atom stereocenters. The Morgan fingerprint density at radius 3 is 1.25 bits per heavy atom. The van der Waals surface area contributed by atoms with Crippen LogP contribution < -0.4 is 0 Å². The summed E-state index contributed by atoms with van der Waals surface area (Å²) in [6, 6.07) is 0. The summed E-state index contributed by atoms with van der Waals surface area (Å²) < 4.78 is 7.83. The fourth-order valence-electron chi connectivity index (χ4n) is 0. The predicted molar refractivity (Wildman–Crippen MR) is 15.3 cm³/mol. The second-order valence-electron chi connectivity index (χ2n) is 0. The van der Waals surface area contributed by atoms with E-state index in [0.29, 0.717) is 0 Å². The van der Waals surface area contributed by atoms with E-state index in [2.05, 4.69) is 12.5 Å². The Bertz CT molecular complexity index is 8.00. The van der Waals surface area contributed by atoms with Crippen LogP contribution in [0.5, 0.6) is 0 Å². The van der Waals surface area contributed by atoms with Crippen molar-refractivity contribution in [3.63, 3.8) is 0 Å². The monoisotopic (exact) mass is 78.0 g/mol. The van der Waals surface area contributed by atoms with E-state index >= 15 is 0 Å². The van der Waals surface area contributed by atoms with Crippen LogP contribution in [0, 0.1) is 0 Å². The molecule has 0 saturated heterocycles. The van der Waals surface area contributed by atoms with Crippen LogP contribution in [0.1, 0.15) is 0 Å². The highest BCUT2D eigenvalue weighted by atomic mass is 32.1. The lowest BCUT2D eigenvalue weighted by molar-refractivity contribution is -0.0979. The van der Waals surface area contributed by atoms with Crippen LogP contribution in [0.4, 0.5) is 0 Å². The van der Waals surface area contributed by atoms with Gasteiger partial charge >= 0.3 is 0 Å². The van der Waals surface area contributed by atoms with Gasteiger partial charge in [0.05, 0.1) is 0 Å². The summed E-state index contributed by atoms with van der Waals surface area (Å²) in [5.74, 6) is 0. The Morgan fingerprint density at radius 1 is 1.25 bits per heavy atom. The fraction of sp³-hybridized carbons (Fsp3) is 0. The zero-order valence-electron chi connectivity index (χ0n) is 1.93. The van der Waals surface area contributed by atoms with Gasteiger partial charge in [0.25, 0.3) is 0 Å². The average molecular weight is 78.1 g/mol. The molecule has 4 heavy (non-hydrogen) atoms. The van der Waals surface area contributed by atoms with Gasteiger partial charge in [-0.05, 0) is 0 Å². The number of carbonyl (C=O) groups excluding carboxylic acids is 1. The van der Waals surface area contributed by atoms with E-state index in [1.165, 1.54) is 0 Å². The van der Waals surface area contributed by atoms with Crippen LogP contribution in [0.2, 0.25) is 0 Å². The van der Waals surface area contributed by atoms with Crippen molar-refractivity contribution in [3.8, 4) is 0 Å². The summed E-state index contributed by atoms with van der Waals surface area (Å²) >= 11 is 2.83. The van der Waals surface area contributed by atoms with Crippen molar-refractivity contribution in [2.24, 2.45) is 0 Å². The van der Waals surface area contributed by atoms with Crippen molar-refractivity contribution in [1.82, 2.24) is 0 Å². The first-order valence-corrected chi connectivity index (χ1v) is 0.789. The summed E-state index contributed by atoms with van der Waals surface area (Å²) in [5, 5.41) is 0. The molecular weight excluding hydrogens is 76.1 g/mol. The third-order valence-electron chi connectivity index (χ3n) is 0. The molecule has 24 valence electrons. The number of carbonyl (C=O) groups is 1. The molecule has 0 saturated carbocycles. The molecule has 0 radical (unpaired) electrons. The number of rotatable bonds is 0. The lowest BCUT2D eigenvalue weighted by Gasteiger charge is -0.837. The van der Waals surface area contributed by atoms with E-state index in [9.17, 15) is 0 Å². The largest absolute Gasteiger partial charge is 0.307 e. The highest BCUT2D eigenvalue weighted by Crippen LogP contribution is 0.558. The third-order valence-corrected chi connectivity index (χ3v) is 0. The predicted octanol–water partition coefficient (Wildman–Crippen LogP) is -0.521. The maximum absolute atomic E-state index is 8.00. The Hall–Kier alpha value is -0.310. The molecule has 0 amide bonds. The molecule has 3 heteroatoms. The minimum absolute atomic E-state index is 2.00. The van der Waals surface area contributed by atoms with Crippen LogP contribution in [0.15, 0.2) is 0 Å². The number of hydrogen-bond acceptors (Lipinski definition) is 3. The second kappa shape index (κ2) is 79.9. The van der Waals surface area contributed by atoms with Gasteiger partial charge in [-0.1, -0.05) is 0 Å². The molecule has 0 aromatic heterocycles. The standard InChI is InChI=1S/CH2O.OS/c2*1-2/h1H2;. The summed E-state index contributed by atoms with van der Waals surface area (Å²) in [6.45, 7) is 2.00. The number of hydrogen-bond donors (Lipinski definition) is 0. The van der Waals surface area contributed by atoms with E-state index in [-0.39, 0.29) is 0 Å². The zero-order chi connectivity index (χ0) is 4.00. The molecule has 0 N–H and O–H groups in total. The minimum atomic E-state index is 2.00. The summed E-state index contributed by atoms with van der Waals surface area (Å²) in [7, 11) is 0. The molecule has 0 aromatic rings. The molecule has 0 aliphatic carbocycles. The fourth-order valence-corrected chi connectivity index (χ4v) is 0. The lowest BCUT2D eigenvalue weighted by Crippen LogP contribution is -0.925. The van der Waals surface area contributed by atoms with Crippen molar-refractivity contribution < 1.29 is 9.00 Å². The molecule has 0 aliphatic heterocycles. The van der Waals surface area contributed by atoms with Gasteiger partial charge in [0.15, 0.2) is 12.5 Å². The van der Waals surface area contributed by atoms with E-state index in [0.717, 1.165) is 0 Å². The Kier molecular flexibility index (Phi) is 187. The van der Waals surface area contributed by atoms with Gasteiger partial charge in [0.1, 0.15) is 6.79 Å². The van der Waals surface area contributed by atoms with E-state index in [1.807, 2.05) is 6.79 Å². The molecule has 2 nitrogen and oxygen atoms in total. The SMILES string of the molecule is C=O.O=S. The average Bonchev–Trinajstić information content (AvgIpc) is 1.50. The highest BCUT2D eigenvalue weighted by Gasteiger charge is 0.734. The van der Waals surface area contributed by atoms with Gasteiger partial charge < -0.3 is 4.79 Å². The molecule has 0 atom stereocenters. The van der Waals surface area contributed by atoms with E-state index in [4.69, 9.17) is 9.00 Å². The van der Waals surface area contributed by atoms with E-state index in [1.54, 1.807) is 0 Å². The maximum Gasteiger partial charge on any atom is 0.197 e. The van der Waals surface area contributed by atoms with Crippen molar-refractivity contribution in [1.29, 1.82) is 0 Å². The van der Waals surface area contributed by atoms with E-state index < -0.39 is 0 Å². The molecule has 0 bridgehead atoms. The minimum Gasteiger partial charge on any atom is -0.307 e. The highest BCUT2D eigenvalue weighted by molar-refractivity contribution is 7.44. The van der Waals surface area contributed by atoms with Gasteiger partial charge in [0.2, 0.25) is 0 Å². The molecule has 0 aliphatic rings. The topological polar surface area (TPSA) is 34.1 Å². The first-order valence-electron chi connectivity index (χ1n) is 0.455. The quantitative estimate of drug-likeness (QED) is 0.391. The van der Waals surface area contributed by atoms with Gasteiger partial charge in [-0.15, -0.1) is 0 Å². The van der Waals surface area contributed by atoms with Crippen LogP contribution in [-0.2, 0) is 17.3 Å². The molecule has 0 fully saturated rings. The molecule has 0 rings (SSSR count). The first kappa shape index (κ1) is 9.35. The molecule has 0 heterocycles. The van der Waals surface area contributed by atoms with Crippen molar-refractivity contribution >= 4 is 19.3 Å². The Balaban J connectivity index is 0. The summed E-state index contributed by atoms with van der Waals surface area (Å²) in [6.07, 6.45) is 0. The summed E-state index contributed by atoms with van der Waals surface area (Å²) in [5.41, 5.74) is 0. The second-order valence-corrected chi connectivity index (χ2v) is 0. The van der Waals surface area contributed by atoms with Gasteiger partial charge in [-0.2, -0.15) is 4.21 Å². The maximum atomic E-state index is 8.00. The van der Waals surface area contributed by atoms with Crippen molar-refractivity contribution in [3.05, 3.63) is 0 Å². The third kappa shape index (κ3) is 8.37. The van der Waals surface area contributed by atoms with Crippen LogP contribution in [0.25, 0.3) is 0 Å². The first-order chi connectivity index (χ1) is 2.00. The van der Waals surface area contributed by atoms with Gasteiger partial charge in [-0.25, -0.2) is 0 Å². The Labute approximate surface area is 29.3 Å². The van der Waals surface area contributed by atoms with Gasteiger partial charge in [-0.3, -0.25) is 0 Å². The van der Waals surface area contributed by atoms with Crippen molar-refractivity contribution in [2.75, 3.05) is 0 Å². The summed E-state index contributed by atoms with van der Waals surface area (Å²) in [4.78, 5) is 8.00. The Morgan fingerprint density at radius 2 is 1.25 bits per heavy atom. The molecule has 0 spiro atoms. The van der Waals surface area contributed by atoms with Crippen LogP contribution in [0.3, 0.4) is 0 Å². The zero-order valence-corrected chi connectivity index (χ0v) is 2.75. The lowest BCUT2D eigenvalue weighted by atomic mass is 11.9.